The number of amides is 2. The van der Waals surface area contributed by atoms with Gasteiger partial charge in [0.05, 0.1) is 15.2 Å². The molecule has 0 fully saturated rings. The smallest absolute Gasteiger partial charge is 0.267 e. The Morgan fingerprint density at radius 3 is 2.96 bits per heavy atom. The van der Waals surface area contributed by atoms with Gasteiger partial charge in [-0.1, -0.05) is 12.1 Å². The molecule has 0 saturated heterocycles. The van der Waals surface area contributed by atoms with Crippen molar-refractivity contribution < 1.29 is 9.59 Å². The average molecular weight is 330 g/mol. The second-order valence-electron chi connectivity index (χ2n) is 5.40. The molecular weight excluding hydrogens is 312 g/mol. The van der Waals surface area contributed by atoms with Gasteiger partial charge in [0.15, 0.2) is 0 Å². The van der Waals surface area contributed by atoms with Crippen molar-refractivity contribution in [2.24, 2.45) is 5.10 Å². The Morgan fingerprint density at radius 1 is 1.35 bits per heavy atom. The molecule has 120 valence electrons. The van der Waals surface area contributed by atoms with Gasteiger partial charge in [0, 0.05) is 32.9 Å². The summed E-state index contributed by atoms with van der Waals surface area (Å²) < 4.78 is 1.19. The van der Waals surface area contributed by atoms with Crippen LogP contribution in [0.2, 0.25) is 0 Å². The minimum absolute atomic E-state index is 0.0580. The minimum atomic E-state index is -0.186. The van der Waals surface area contributed by atoms with Crippen LogP contribution in [0.5, 0.6) is 0 Å². The van der Waals surface area contributed by atoms with E-state index in [0.717, 1.165) is 23.4 Å². The Kier molecular flexibility index (Phi) is 4.66. The van der Waals surface area contributed by atoms with E-state index in [2.05, 4.69) is 21.5 Å². The first-order valence-corrected chi connectivity index (χ1v) is 8.42. The number of fused-ring (bicyclic) bond motifs is 1. The fourth-order valence-electron chi connectivity index (χ4n) is 2.40. The molecule has 1 aliphatic rings. The highest BCUT2D eigenvalue weighted by atomic mass is 32.1. The number of carbonyl (C=O) groups excluding carboxylic acids is 2. The maximum atomic E-state index is 12.0. The number of rotatable bonds is 5. The molecule has 1 aromatic heterocycles. The number of aromatic nitrogens is 1. The van der Waals surface area contributed by atoms with Crippen molar-refractivity contribution in [3.63, 3.8) is 0 Å². The average Bonchev–Trinajstić information content (AvgIpc) is 2.96. The topological polar surface area (TPSA) is 74.7 Å². The second kappa shape index (κ2) is 6.87. The van der Waals surface area contributed by atoms with E-state index < -0.39 is 0 Å². The van der Waals surface area contributed by atoms with Gasteiger partial charge >= 0.3 is 0 Å². The molecule has 2 aromatic rings. The second-order valence-corrected chi connectivity index (χ2v) is 6.51. The molecule has 1 aliphatic heterocycles. The van der Waals surface area contributed by atoms with Gasteiger partial charge in [-0.15, -0.1) is 11.3 Å². The molecule has 0 saturated carbocycles. The van der Waals surface area contributed by atoms with E-state index in [1.54, 1.807) is 18.4 Å². The Bertz CT molecular complexity index is 735. The summed E-state index contributed by atoms with van der Waals surface area (Å²) in [6.45, 7) is 0.575. The first-order chi connectivity index (χ1) is 11.1. The van der Waals surface area contributed by atoms with E-state index in [1.807, 2.05) is 18.2 Å². The normalized spacial score (nSPS) is 14.9. The summed E-state index contributed by atoms with van der Waals surface area (Å²) in [4.78, 5) is 27.9. The molecule has 0 atom stereocenters. The fourth-order valence-corrected chi connectivity index (χ4v) is 3.41. The van der Waals surface area contributed by atoms with Crippen LogP contribution >= 0.6 is 11.3 Å². The maximum Gasteiger partial charge on any atom is 0.267 e. The van der Waals surface area contributed by atoms with Crippen molar-refractivity contribution in [1.82, 2.24) is 15.3 Å². The lowest BCUT2D eigenvalue weighted by Crippen LogP contribution is -2.38. The number of nitrogens with one attached hydrogen (secondary N) is 1. The standard InChI is InChI=1S/C16H18N4O2S/c1-20-15(21)9-8-12(19-20)16(22)17-10-4-7-14-18-11-5-2-3-6-13(11)23-14/h2-3,5-6H,4,7-10H2,1H3,(H,17,22). The summed E-state index contributed by atoms with van der Waals surface area (Å²) in [5.74, 6) is -0.244. The zero-order chi connectivity index (χ0) is 16.2. The Balaban J connectivity index is 1.47. The highest BCUT2D eigenvalue weighted by molar-refractivity contribution is 7.18. The molecule has 3 rings (SSSR count). The molecule has 0 spiro atoms. The van der Waals surface area contributed by atoms with Crippen LogP contribution in [0.1, 0.15) is 24.3 Å². The molecule has 0 radical (unpaired) electrons. The van der Waals surface area contributed by atoms with Gasteiger partial charge in [-0.25, -0.2) is 9.99 Å². The van der Waals surface area contributed by atoms with Crippen molar-refractivity contribution in [3.8, 4) is 0 Å². The van der Waals surface area contributed by atoms with E-state index in [0.29, 0.717) is 25.1 Å². The zero-order valence-corrected chi connectivity index (χ0v) is 13.7. The van der Waals surface area contributed by atoms with Crippen LogP contribution in [0.25, 0.3) is 10.2 Å². The van der Waals surface area contributed by atoms with Crippen LogP contribution in [-0.2, 0) is 16.0 Å². The molecule has 2 heterocycles. The van der Waals surface area contributed by atoms with Gasteiger partial charge in [-0.05, 0) is 18.6 Å². The quantitative estimate of drug-likeness (QED) is 0.852. The number of thiazole rings is 1. The Labute approximate surface area is 138 Å². The van der Waals surface area contributed by atoms with Crippen LogP contribution in [0.4, 0.5) is 0 Å². The number of nitrogens with zero attached hydrogens (tertiary/aromatic N) is 3. The molecule has 2 amide bonds. The molecule has 23 heavy (non-hydrogen) atoms. The Morgan fingerprint density at radius 2 is 2.17 bits per heavy atom. The largest absolute Gasteiger partial charge is 0.351 e. The predicted octanol–water partition coefficient (Wildman–Crippen LogP) is 1.95. The Hall–Kier alpha value is -2.28. The number of hydrogen-bond acceptors (Lipinski definition) is 5. The van der Waals surface area contributed by atoms with Crippen molar-refractivity contribution in [3.05, 3.63) is 29.3 Å². The fraction of sp³-hybridized carbons (Fsp3) is 0.375. The summed E-state index contributed by atoms with van der Waals surface area (Å²) in [6.07, 6.45) is 2.42. The first-order valence-electron chi connectivity index (χ1n) is 7.60. The van der Waals surface area contributed by atoms with Gasteiger partial charge in [0.1, 0.15) is 5.71 Å². The van der Waals surface area contributed by atoms with Gasteiger partial charge in [0.2, 0.25) is 5.91 Å². The summed E-state index contributed by atoms with van der Waals surface area (Å²) >= 11 is 1.69. The number of para-hydroxylation sites is 1. The lowest BCUT2D eigenvalue weighted by atomic mass is 10.1. The summed E-state index contributed by atoms with van der Waals surface area (Å²) in [5.41, 5.74) is 1.45. The lowest BCUT2D eigenvalue weighted by Gasteiger charge is -2.18. The zero-order valence-electron chi connectivity index (χ0n) is 12.9. The van der Waals surface area contributed by atoms with Crippen molar-refractivity contribution in [2.45, 2.75) is 25.7 Å². The molecule has 0 unspecified atom stereocenters. The number of benzene rings is 1. The van der Waals surface area contributed by atoms with E-state index in [-0.39, 0.29) is 11.8 Å². The van der Waals surface area contributed by atoms with Crippen molar-refractivity contribution in [2.75, 3.05) is 13.6 Å². The van der Waals surface area contributed by atoms with Crippen LogP contribution in [-0.4, -0.2) is 41.1 Å². The van der Waals surface area contributed by atoms with E-state index >= 15 is 0 Å². The van der Waals surface area contributed by atoms with E-state index in [1.165, 1.54) is 9.71 Å². The van der Waals surface area contributed by atoms with Crippen LogP contribution in [0, 0.1) is 0 Å². The molecule has 0 bridgehead atoms. The van der Waals surface area contributed by atoms with Gasteiger partial charge in [-0.3, -0.25) is 9.59 Å². The minimum Gasteiger partial charge on any atom is -0.351 e. The lowest BCUT2D eigenvalue weighted by molar-refractivity contribution is -0.130. The number of aryl methyl sites for hydroxylation is 1. The van der Waals surface area contributed by atoms with Crippen molar-refractivity contribution in [1.29, 1.82) is 0 Å². The third-order valence-corrected chi connectivity index (χ3v) is 4.76. The van der Waals surface area contributed by atoms with Gasteiger partial charge in [0.25, 0.3) is 5.91 Å². The van der Waals surface area contributed by atoms with Crippen LogP contribution < -0.4 is 5.32 Å². The number of carbonyl (C=O) groups is 2. The summed E-state index contributed by atoms with van der Waals surface area (Å²) in [5, 5.41) is 9.19. The van der Waals surface area contributed by atoms with Crippen LogP contribution in [0.15, 0.2) is 29.4 Å². The third-order valence-electron chi connectivity index (χ3n) is 3.66. The predicted molar refractivity (Wildman–Crippen MR) is 90.4 cm³/mol. The summed E-state index contributed by atoms with van der Waals surface area (Å²) in [6, 6.07) is 8.07. The molecule has 7 heteroatoms. The molecule has 0 aliphatic carbocycles. The van der Waals surface area contributed by atoms with Gasteiger partial charge in [-0.2, -0.15) is 5.10 Å². The van der Waals surface area contributed by atoms with Crippen LogP contribution in [0.3, 0.4) is 0 Å². The maximum absolute atomic E-state index is 12.0. The highest BCUT2D eigenvalue weighted by Crippen LogP contribution is 2.22. The molecule has 1 aromatic carbocycles. The number of hydrazone groups is 1. The molecule has 1 N–H and O–H groups in total. The van der Waals surface area contributed by atoms with E-state index in [9.17, 15) is 9.59 Å². The monoisotopic (exact) mass is 330 g/mol. The van der Waals surface area contributed by atoms with Crippen molar-refractivity contribution >= 4 is 39.1 Å². The number of hydrogen-bond donors (Lipinski definition) is 1. The summed E-state index contributed by atoms with van der Waals surface area (Å²) in [7, 11) is 1.57. The molecular formula is C16H18N4O2S. The first kappa shape index (κ1) is 15.6. The SMILES string of the molecule is CN1N=C(C(=O)NCCCc2nc3ccccc3s2)CCC1=O. The highest BCUT2D eigenvalue weighted by Gasteiger charge is 2.21. The molecule has 6 nitrogen and oxygen atoms in total. The van der Waals surface area contributed by atoms with Gasteiger partial charge < -0.3 is 5.32 Å². The third kappa shape index (κ3) is 3.73. The van der Waals surface area contributed by atoms with E-state index in [4.69, 9.17) is 0 Å².